The van der Waals surface area contributed by atoms with E-state index in [0.717, 1.165) is 22.1 Å². The van der Waals surface area contributed by atoms with Gasteiger partial charge in [-0.05, 0) is 61.2 Å². The molecule has 180 valence electrons. The van der Waals surface area contributed by atoms with Gasteiger partial charge in [0.25, 0.3) is 0 Å². The van der Waals surface area contributed by atoms with Crippen LogP contribution in [0.15, 0.2) is 66.9 Å². The van der Waals surface area contributed by atoms with Crippen LogP contribution in [0, 0.1) is 13.8 Å². The predicted molar refractivity (Wildman–Crippen MR) is 136 cm³/mol. The molecule has 3 aromatic carbocycles. The van der Waals surface area contributed by atoms with E-state index in [1.165, 1.54) is 4.90 Å². The summed E-state index contributed by atoms with van der Waals surface area (Å²) in [6.45, 7) is 4.15. The molecule has 0 saturated heterocycles. The highest BCUT2D eigenvalue weighted by molar-refractivity contribution is 5.89. The number of amides is 1. The minimum Gasteiger partial charge on any atom is -0.493 e. The van der Waals surface area contributed by atoms with Gasteiger partial charge in [0.15, 0.2) is 11.5 Å². The molecule has 0 aliphatic rings. The van der Waals surface area contributed by atoms with Gasteiger partial charge in [-0.15, -0.1) is 0 Å². The first-order valence-electron chi connectivity index (χ1n) is 11.3. The Morgan fingerprint density at radius 1 is 0.886 bits per heavy atom. The maximum atomic E-state index is 12.1. The van der Waals surface area contributed by atoms with Crippen LogP contribution in [0.4, 0.5) is 10.5 Å². The number of hydrogen-bond donors (Lipinski definition) is 1. The molecule has 0 atom stereocenters. The summed E-state index contributed by atoms with van der Waals surface area (Å²) in [4.78, 5) is 17.9. The van der Waals surface area contributed by atoms with Gasteiger partial charge >= 0.3 is 6.09 Å². The first-order valence-corrected chi connectivity index (χ1v) is 11.3. The maximum absolute atomic E-state index is 12.1. The Labute approximate surface area is 204 Å². The number of carbonyl (C=O) groups is 1. The topological polar surface area (TPSA) is 81.1 Å². The summed E-state index contributed by atoms with van der Waals surface area (Å²) in [6, 6.07) is 19.0. The zero-order chi connectivity index (χ0) is 24.9. The molecular formula is C28H28N2O5. The summed E-state index contributed by atoms with van der Waals surface area (Å²) in [6.07, 6.45) is 1.31. The fourth-order valence-corrected chi connectivity index (χ4v) is 4.03. The van der Waals surface area contributed by atoms with Gasteiger partial charge in [-0.1, -0.05) is 30.3 Å². The molecule has 0 saturated carbocycles. The second-order valence-electron chi connectivity index (χ2n) is 8.21. The summed E-state index contributed by atoms with van der Waals surface area (Å²) >= 11 is 0. The average Bonchev–Trinajstić information content (AvgIpc) is 2.86. The summed E-state index contributed by atoms with van der Waals surface area (Å²) in [5.41, 5.74) is 4.07. The summed E-state index contributed by atoms with van der Waals surface area (Å²) in [5.74, 6) is 2.43. The standard InChI is InChI=1S/C28H28N2O5/c1-18-15-25(35-24-10-12-29-22-17-27(34-4)26(33-3)16-21(22)24)19(2)14-23(18)30(28(31)32)13-11-20-8-6-5-7-9-20/h5-10,12,14-17H,11,13H2,1-4H3,(H,31,32). The van der Waals surface area contributed by atoms with Crippen LogP contribution in [0.2, 0.25) is 0 Å². The van der Waals surface area contributed by atoms with E-state index in [1.807, 2.05) is 62.4 Å². The molecule has 7 nitrogen and oxygen atoms in total. The molecule has 0 fully saturated rings. The van der Waals surface area contributed by atoms with E-state index in [0.29, 0.717) is 47.2 Å². The van der Waals surface area contributed by atoms with Crippen molar-refractivity contribution in [3.63, 3.8) is 0 Å². The molecule has 0 bridgehead atoms. The van der Waals surface area contributed by atoms with Crippen molar-refractivity contribution in [2.45, 2.75) is 20.3 Å². The molecule has 0 spiro atoms. The smallest absolute Gasteiger partial charge is 0.411 e. The van der Waals surface area contributed by atoms with Gasteiger partial charge < -0.3 is 19.3 Å². The lowest BCUT2D eigenvalue weighted by molar-refractivity contribution is 0.202. The van der Waals surface area contributed by atoms with Crippen molar-refractivity contribution in [2.75, 3.05) is 25.7 Å². The highest BCUT2D eigenvalue weighted by Crippen LogP contribution is 2.38. The Balaban J connectivity index is 1.64. The third-order valence-electron chi connectivity index (χ3n) is 5.91. The molecule has 0 radical (unpaired) electrons. The first kappa shape index (κ1) is 23.9. The maximum Gasteiger partial charge on any atom is 0.411 e. The van der Waals surface area contributed by atoms with Gasteiger partial charge in [0.2, 0.25) is 0 Å². The first-order chi connectivity index (χ1) is 16.9. The van der Waals surface area contributed by atoms with E-state index in [9.17, 15) is 9.90 Å². The van der Waals surface area contributed by atoms with Crippen molar-refractivity contribution in [2.24, 2.45) is 0 Å². The zero-order valence-corrected chi connectivity index (χ0v) is 20.2. The van der Waals surface area contributed by atoms with Gasteiger partial charge in [-0.3, -0.25) is 9.88 Å². The molecule has 35 heavy (non-hydrogen) atoms. The third kappa shape index (κ3) is 5.14. The second kappa shape index (κ2) is 10.3. The van der Waals surface area contributed by atoms with Gasteiger partial charge in [0, 0.05) is 24.2 Å². The Bertz CT molecular complexity index is 1350. The number of fused-ring (bicyclic) bond motifs is 1. The predicted octanol–water partition coefficient (Wildman–Crippen LogP) is 6.39. The van der Waals surface area contributed by atoms with Crippen LogP contribution in [0.25, 0.3) is 10.9 Å². The van der Waals surface area contributed by atoms with E-state index in [4.69, 9.17) is 14.2 Å². The van der Waals surface area contributed by atoms with Crippen molar-refractivity contribution >= 4 is 22.7 Å². The molecule has 0 aliphatic carbocycles. The quantitative estimate of drug-likeness (QED) is 0.320. The highest BCUT2D eigenvalue weighted by Gasteiger charge is 2.19. The van der Waals surface area contributed by atoms with Crippen molar-refractivity contribution in [1.29, 1.82) is 0 Å². The number of benzene rings is 3. The van der Waals surface area contributed by atoms with Crippen LogP contribution in [0.3, 0.4) is 0 Å². The van der Waals surface area contributed by atoms with Gasteiger partial charge in [-0.2, -0.15) is 0 Å². The fraction of sp³-hybridized carbons (Fsp3) is 0.214. The number of hydrogen-bond acceptors (Lipinski definition) is 5. The minimum absolute atomic E-state index is 0.358. The number of nitrogens with zero attached hydrogens (tertiary/aromatic N) is 2. The number of rotatable bonds is 8. The molecule has 1 aromatic heterocycles. The molecule has 4 aromatic rings. The number of ether oxygens (including phenoxy) is 3. The Hall–Kier alpha value is -4.26. The van der Waals surface area contributed by atoms with E-state index >= 15 is 0 Å². The molecule has 0 unspecified atom stereocenters. The lowest BCUT2D eigenvalue weighted by Gasteiger charge is -2.23. The summed E-state index contributed by atoms with van der Waals surface area (Å²) < 4.78 is 17.1. The average molecular weight is 473 g/mol. The van der Waals surface area contributed by atoms with Crippen LogP contribution in [0.1, 0.15) is 16.7 Å². The van der Waals surface area contributed by atoms with Gasteiger partial charge in [0.05, 0.1) is 25.4 Å². The van der Waals surface area contributed by atoms with E-state index in [1.54, 1.807) is 32.5 Å². The molecular weight excluding hydrogens is 444 g/mol. The molecule has 4 rings (SSSR count). The number of pyridine rings is 1. The summed E-state index contributed by atoms with van der Waals surface area (Å²) in [7, 11) is 3.16. The summed E-state index contributed by atoms with van der Waals surface area (Å²) in [5, 5.41) is 10.7. The lowest BCUT2D eigenvalue weighted by atomic mass is 10.1. The number of aromatic nitrogens is 1. The highest BCUT2D eigenvalue weighted by atomic mass is 16.5. The monoisotopic (exact) mass is 472 g/mol. The number of anilines is 1. The van der Waals surface area contributed by atoms with E-state index < -0.39 is 6.09 Å². The SMILES string of the molecule is COc1cc2nccc(Oc3cc(C)c(N(CCc4ccccc4)C(=O)O)cc3C)c2cc1OC. The molecule has 1 N–H and O–H groups in total. The van der Waals surface area contributed by atoms with Crippen LogP contribution >= 0.6 is 0 Å². The van der Waals surface area contributed by atoms with Crippen molar-refractivity contribution in [3.8, 4) is 23.0 Å². The van der Waals surface area contributed by atoms with Crippen molar-refractivity contribution in [1.82, 2.24) is 4.98 Å². The number of carboxylic acid groups (broad SMARTS) is 1. The normalized spacial score (nSPS) is 10.7. The number of methoxy groups -OCH3 is 2. The third-order valence-corrected chi connectivity index (χ3v) is 5.91. The molecule has 7 heteroatoms. The Kier molecular flexibility index (Phi) is 7.06. The zero-order valence-electron chi connectivity index (χ0n) is 20.2. The van der Waals surface area contributed by atoms with Crippen LogP contribution in [-0.4, -0.2) is 36.9 Å². The number of aryl methyl sites for hydroxylation is 2. The largest absolute Gasteiger partial charge is 0.493 e. The molecule has 0 aliphatic heterocycles. The lowest BCUT2D eigenvalue weighted by Crippen LogP contribution is -2.32. The van der Waals surface area contributed by atoms with Crippen LogP contribution < -0.4 is 19.1 Å². The molecule has 1 heterocycles. The van der Waals surface area contributed by atoms with Gasteiger partial charge in [-0.25, -0.2) is 4.79 Å². The minimum atomic E-state index is -0.988. The van der Waals surface area contributed by atoms with Crippen LogP contribution in [-0.2, 0) is 6.42 Å². The Morgan fingerprint density at radius 2 is 1.60 bits per heavy atom. The van der Waals surface area contributed by atoms with E-state index in [-0.39, 0.29) is 0 Å². The Morgan fingerprint density at radius 3 is 2.29 bits per heavy atom. The van der Waals surface area contributed by atoms with Gasteiger partial charge in [0.1, 0.15) is 11.5 Å². The van der Waals surface area contributed by atoms with Crippen molar-refractivity contribution < 1.29 is 24.1 Å². The molecule has 1 amide bonds. The van der Waals surface area contributed by atoms with E-state index in [2.05, 4.69) is 4.98 Å². The fourth-order valence-electron chi connectivity index (χ4n) is 4.03. The van der Waals surface area contributed by atoms with Crippen molar-refractivity contribution in [3.05, 3.63) is 83.6 Å². The van der Waals surface area contributed by atoms with Crippen LogP contribution in [0.5, 0.6) is 23.0 Å². The second-order valence-corrected chi connectivity index (χ2v) is 8.21.